The summed E-state index contributed by atoms with van der Waals surface area (Å²) in [6.07, 6.45) is -3.00. The van der Waals surface area contributed by atoms with Crippen LogP contribution >= 0.6 is 0 Å². The van der Waals surface area contributed by atoms with Crippen molar-refractivity contribution >= 4 is 17.7 Å². The highest BCUT2D eigenvalue weighted by Gasteiger charge is 2.64. The molecular weight excluding hydrogens is 363 g/mol. The molecule has 1 aliphatic heterocycles. The first-order chi connectivity index (χ1) is 12.6. The molecule has 0 aromatic heterocycles. The van der Waals surface area contributed by atoms with Gasteiger partial charge < -0.3 is 10.0 Å². The maximum Gasteiger partial charge on any atom is 0.406 e. The van der Waals surface area contributed by atoms with E-state index in [-0.39, 0.29) is 25.2 Å². The number of aliphatic carboxylic acids is 1. The molecule has 3 rings (SSSR count). The number of likely N-dealkylation sites (tertiary alicyclic amines) is 1. The number of carboxylic acid groups (broad SMARTS) is 1. The van der Waals surface area contributed by atoms with Crippen LogP contribution in [0.3, 0.4) is 0 Å². The third-order valence-electron chi connectivity index (χ3n) is 5.56. The number of carbonyl (C=O) groups excluding carboxylic acids is 2. The van der Waals surface area contributed by atoms with Crippen molar-refractivity contribution in [2.24, 2.45) is 5.41 Å². The summed E-state index contributed by atoms with van der Waals surface area (Å²) in [5, 5.41) is 9.03. The Labute approximate surface area is 154 Å². The summed E-state index contributed by atoms with van der Waals surface area (Å²) < 4.78 is 39.5. The highest BCUT2D eigenvalue weighted by Crippen LogP contribution is 2.45. The lowest BCUT2D eigenvalue weighted by molar-refractivity contribution is -0.227. The maximum absolute atomic E-state index is 13.2. The molecule has 5 nitrogen and oxygen atoms in total. The Hall–Kier alpha value is -2.38. The quantitative estimate of drug-likeness (QED) is 0.794. The molecule has 0 spiro atoms. The zero-order valence-electron chi connectivity index (χ0n) is 14.6. The molecule has 1 aromatic rings. The molecule has 0 bridgehead atoms. The van der Waals surface area contributed by atoms with E-state index in [1.807, 2.05) is 12.1 Å². The highest BCUT2D eigenvalue weighted by molar-refractivity contribution is 5.98. The molecule has 1 saturated heterocycles. The summed E-state index contributed by atoms with van der Waals surface area (Å²) in [5.41, 5.74) is -0.0767. The lowest BCUT2D eigenvalue weighted by Gasteiger charge is -2.27. The van der Waals surface area contributed by atoms with Crippen LogP contribution in [-0.4, -0.2) is 46.9 Å². The number of fused-ring (bicyclic) bond motifs is 1. The molecule has 0 saturated carbocycles. The third kappa shape index (κ3) is 3.57. The van der Waals surface area contributed by atoms with Crippen LogP contribution in [0.2, 0.25) is 0 Å². The highest BCUT2D eigenvalue weighted by atomic mass is 19.4. The number of rotatable bonds is 5. The van der Waals surface area contributed by atoms with E-state index in [4.69, 9.17) is 5.11 Å². The Bertz CT molecular complexity index is 790. The summed E-state index contributed by atoms with van der Waals surface area (Å²) >= 11 is 0. The number of Topliss-reactive ketones (excluding diaryl/α,β-unsaturated/α-hetero) is 1. The Balaban J connectivity index is 1.60. The number of benzene rings is 1. The van der Waals surface area contributed by atoms with Crippen LogP contribution < -0.4 is 0 Å². The Kier molecular flexibility index (Phi) is 5.01. The molecule has 1 aromatic carbocycles. The van der Waals surface area contributed by atoms with Gasteiger partial charge in [-0.15, -0.1) is 0 Å². The molecule has 1 unspecified atom stereocenters. The van der Waals surface area contributed by atoms with Gasteiger partial charge in [0, 0.05) is 31.5 Å². The normalized spacial score (nSPS) is 22.0. The van der Waals surface area contributed by atoms with E-state index >= 15 is 0 Å². The van der Waals surface area contributed by atoms with E-state index in [2.05, 4.69) is 0 Å². The van der Waals surface area contributed by atoms with Gasteiger partial charge in [0.25, 0.3) is 0 Å². The summed E-state index contributed by atoms with van der Waals surface area (Å²) in [6, 6.07) is 5.44. The predicted octanol–water partition coefficient (Wildman–Crippen LogP) is 3.00. The van der Waals surface area contributed by atoms with Gasteiger partial charge in [-0.3, -0.25) is 14.4 Å². The summed E-state index contributed by atoms with van der Waals surface area (Å²) in [6.45, 7) is -1.19. The van der Waals surface area contributed by atoms with Crippen molar-refractivity contribution in [2.45, 2.75) is 44.7 Å². The van der Waals surface area contributed by atoms with Gasteiger partial charge in [-0.05, 0) is 42.9 Å². The topological polar surface area (TPSA) is 74.7 Å². The van der Waals surface area contributed by atoms with Gasteiger partial charge in [0.1, 0.15) is 0 Å². The van der Waals surface area contributed by atoms with E-state index < -0.39 is 36.4 Å². The van der Waals surface area contributed by atoms with E-state index in [9.17, 15) is 27.6 Å². The molecule has 8 heteroatoms. The number of alkyl halides is 3. The number of hydrogen-bond donors (Lipinski definition) is 1. The second-order valence-electron chi connectivity index (χ2n) is 7.21. The molecule has 146 valence electrons. The lowest BCUT2D eigenvalue weighted by atomic mass is 9.86. The minimum Gasteiger partial charge on any atom is -0.481 e. The fourth-order valence-corrected chi connectivity index (χ4v) is 3.82. The molecule has 1 atom stereocenters. The zero-order valence-corrected chi connectivity index (χ0v) is 14.6. The Morgan fingerprint density at radius 3 is 2.44 bits per heavy atom. The maximum atomic E-state index is 13.2. The zero-order chi connectivity index (χ0) is 19.8. The van der Waals surface area contributed by atoms with Gasteiger partial charge in [-0.25, -0.2) is 0 Å². The number of halogens is 3. The Morgan fingerprint density at radius 2 is 1.81 bits per heavy atom. The van der Waals surface area contributed by atoms with Gasteiger partial charge in [-0.1, -0.05) is 12.1 Å². The number of hydrogen-bond acceptors (Lipinski definition) is 3. The van der Waals surface area contributed by atoms with Crippen LogP contribution in [0.25, 0.3) is 0 Å². The van der Waals surface area contributed by atoms with Gasteiger partial charge in [0.05, 0.1) is 0 Å². The van der Waals surface area contributed by atoms with Crippen molar-refractivity contribution in [1.29, 1.82) is 0 Å². The van der Waals surface area contributed by atoms with Crippen molar-refractivity contribution in [3.63, 3.8) is 0 Å². The van der Waals surface area contributed by atoms with Crippen molar-refractivity contribution in [3.8, 4) is 0 Å². The standard InChI is InChI=1S/C19H20F3NO4/c20-19(21,22)18(17(26)27)8-9-23(11-18)16(25)7-6-15(24)14-5-4-12-2-1-3-13(12)10-14/h4-5,10H,1-3,6-9,11H2,(H,26,27). The van der Waals surface area contributed by atoms with Crippen LogP contribution in [-0.2, 0) is 22.4 Å². The molecule has 1 heterocycles. The van der Waals surface area contributed by atoms with E-state index in [0.29, 0.717) is 5.56 Å². The van der Waals surface area contributed by atoms with Gasteiger partial charge in [0.2, 0.25) is 5.91 Å². The first kappa shape index (κ1) is 19.4. The van der Waals surface area contributed by atoms with Gasteiger partial charge in [0.15, 0.2) is 11.2 Å². The largest absolute Gasteiger partial charge is 0.481 e. The fraction of sp³-hybridized carbons (Fsp3) is 0.526. The smallest absolute Gasteiger partial charge is 0.406 e. The molecule has 0 radical (unpaired) electrons. The Morgan fingerprint density at radius 1 is 1.11 bits per heavy atom. The molecular formula is C19H20F3NO4. The van der Waals surface area contributed by atoms with E-state index in [1.165, 1.54) is 5.56 Å². The van der Waals surface area contributed by atoms with Crippen molar-refractivity contribution in [2.75, 3.05) is 13.1 Å². The first-order valence-electron chi connectivity index (χ1n) is 8.87. The molecule has 2 aliphatic rings. The number of carbonyl (C=O) groups is 3. The van der Waals surface area contributed by atoms with E-state index in [0.717, 1.165) is 29.7 Å². The van der Waals surface area contributed by atoms with Gasteiger partial charge in [-0.2, -0.15) is 13.2 Å². The molecule has 1 N–H and O–H groups in total. The average molecular weight is 383 g/mol. The number of nitrogens with zero attached hydrogens (tertiary/aromatic N) is 1. The van der Waals surface area contributed by atoms with Crippen LogP contribution in [0.4, 0.5) is 13.2 Å². The fourth-order valence-electron chi connectivity index (χ4n) is 3.82. The lowest BCUT2D eigenvalue weighted by Crippen LogP contribution is -2.47. The number of amides is 1. The molecule has 1 amide bonds. The van der Waals surface area contributed by atoms with Gasteiger partial charge >= 0.3 is 12.1 Å². The van der Waals surface area contributed by atoms with Crippen molar-refractivity contribution in [3.05, 3.63) is 34.9 Å². The SMILES string of the molecule is O=C(CCC(=O)N1CCC(C(=O)O)(C(F)(F)F)C1)c1ccc2c(c1)CCC2. The monoisotopic (exact) mass is 383 g/mol. The van der Waals surface area contributed by atoms with Crippen LogP contribution in [0.1, 0.15) is 47.2 Å². The number of carboxylic acids is 1. The number of aryl methyl sites for hydroxylation is 2. The minimum atomic E-state index is -4.94. The van der Waals surface area contributed by atoms with Crippen molar-refractivity contribution < 1.29 is 32.7 Å². The summed E-state index contributed by atoms with van der Waals surface area (Å²) in [7, 11) is 0. The summed E-state index contributed by atoms with van der Waals surface area (Å²) in [4.78, 5) is 36.6. The van der Waals surface area contributed by atoms with Crippen LogP contribution in [0, 0.1) is 5.41 Å². The average Bonchev–Trinajstić information content (AvgIpc) is 3.25. The number of ketones is 1. The summed E-state index contributed by atoms with van der Waals surface area (Å²) in [5.74, 6) is -2.84. The van der Waals surface area contributed by atoms with Crippen LogP contribution in [0.5, 0.6) is 0 Å². The molecule has 1 fully saturated rings. The second-order valence-corrected chi connectivity index (χ2v) is 7.21. The van der Waals surface area contributed by atoms with Crippen molar-refractivity contribution in [1.82, 2.24) is 4.90 Å². The minimum absolute atomic E-state index is 0.111. The molecule has 1 aliphatic carbocycles. The van der Waals surface area contributed by atoms with Crippen LogP contribution in [0.15, 0.2) is 18.2 Å². The predicted molar refractivity (Wildman–Crippen MR) is 89.4 cm³/mol. The van der Waals surface area contributed by atoms with E-state index in [1.54, 1.807) is 6.07 Å². The third-order valence-corrected chi connectivity index (χ3v) is 5.56. The second kappa shape index (κ2) is 6.98. The first-order valence-corrected chi connectivity index (χ1v) is 8.87. The molecule has 27 heavy (non-hydrogen) atoms.